The van der Waals surface area contributed by atoms with Crippen LogP contribution in [0.4, 0.5) is 11.9 Å². The molecular weight excluding hydrogens is 462 g/mol. The van der Waals surface area contributed by atoms with Gasteiger partial charge in [-0.1, -0.05) is 66.2 Å². The number of halogens is 1. The molecule has 2 N–H and O–H groups in total. The van der Waals surface area contributed by atoms with Crippen molar-refractivity contribution in [2.75, 3.05) is 17.7 Å². The van der Waals surface area contributed by atoms with Gasteiger partial charge in [0, 0.05) is 16.8 Å². The second-order valence-electron chi connectivity index (χ2n) is 7.87. The Balaban J connectivity index is 1.42. The van der Waals surface area contributed by atoms with Crippen LogP contribution in [0.15, 0.2) is 91.0 Å². The predicted octanol–water partition coefficient (Wildman–Crippen LogP) is 5.65. The van der Waals surface area contributed by atoms with Crippen molar-refractivity contribution in [2.45, 2.75) is 6.04 Å². The van der Waals surface area contributed by atoms with Crippen molar-refractivity contribution >= 4 is 41.2 Å². The van der Waals surface area contributed by atoms with Gasteiger partial charge in [-0.25, -0.2) is 4.68 Å². The predicted molar refractivity (Wildman–Crippen MR) is 138 cm³/mol. The lowest BCUT2D eigenvalue weighted by molar-refractivity contribution is -0.111. The summed E-state index contributed by atoms with van der Waals surface area (Å²) in [5.41, 5.74) is 3.80. The average molecular weight is 484 g/mol. The van der Waals surface area contributed by atoms with Crippen LogP contribution >= 0.6 is 11.6 Å². The molecule has 0 unspecified atom stereocenters. The molecule has 174 valence electrons. The Bertz CT molecular complexity index is 1390. The number of fused-ring (bicyclic) bond motifs is 1. The summed E-state index contributed by atoms with van der Waals surface area (Å²) in [5, 5.41) is 11.3. The number of aromatic nitrogens is 3. The lowest BCUT2D eigenvalue weighted by Crippen LogP contribution is -2.20. The molecule has 1 aromatic heterocycles. The van der Waals surface area contributed by atoms with E-state index in [2.05, 4.69) is 26.8 Å². The van der Waals surface area contributed by atoms with Crippen molar-refractivity contribution in [1.29, 1.82) is 0 Å². The minimum atomic E-state index is -0.333. The number of benzene rings is 3. The van der Waals surface area contributed by atoms with Crippen LogP contribution < -0.4 is 15.4 Å². The van der Waals surface area contributed by atoms with Gasteiger partial charge in [0.25, 0.3) is 11.9 Å². The third kappa shape index (κ3) is 5.10. The molecule has 0 aliphatic carbocycles. The molecule has 0 saturated carbocycles. The van der Waals surface area contributed by atoms with Crippen LogP contribution in [0.2, 0.25) is 5.02 Å². The maximum absolute atomic E-state index is 12.5. The van der Waals surface area contributed by atoms with Crippen molar-refractivity contribution in [3.05, 3.63) is 113 Å². The molecule has 2 heterocycles. The van der Waals surface area contributed by atoms with Gasteiger partial charge in [0.1, 0.15) is 11.8 Å². The van der Waals surface area contributed by atoms with E-state index in [9.17, 15) is 4.79 Å². The lowest BCUT2D eigenvalue weighted by Gasteiger charge is -2.24. The highest BCUT2D eigenvalue weighted by atomic mass is 35.5. The number of hydrogen-bond donors (Lipinski definition) is 2. The number of methoxy groups -OCH3 is 1. The third-order valence-electron chi connectivity index (χ3n) is 5.54. The van der Waals surface area contributed by atoms with Crippen LogP contribution in [0.3, 0.4) is 0 Å². The van der Waals surface area contributed by atoms with Gasteiger partial charge >= 0.3 is 0 Å². The highest BCUT2D eigenvalue weighted by molar-refractivity contribution is 6.30. The van der Waals surface area contributed by atoms with E-state index in [4.69, 9.17) is 16.3 Å². The smallest absolute Gasteiger partial charge is 0.250 e. The Morgan fingerprint density at radius 1 is 1.06 bits per heavy atom. The number of nitrogens with zero attached hydrogens (tertiary/aromatic N) is 3. The van der Waals surface area contributed by atoms with Crippen molar-refractivity contribution < 1.29 is 9.53 Å². The first-order chi connectivity index (χ1) is 17.1. The molecule has 0 bridgehead atoms. The molecule has 4 aromatic rings. The molecule has 8 heteroatoms. The van der Waals surface area contributed by atoms with Crippen molar-refractivity contribution in [3.8, 4) is 5.75 Å². The van der Waals surface area contributed by atoms with Crippen molar-refractivity contribution in [3.63, 3.8) is 0 Å². The monoisotopic (exact) mass is 483 g/mol. The topological polar surface area (TPSA) is 81.1 Å². The van der Waals surface area contributed by atoms with E-state index in [-0.39, 0.29) is 17.9 Å². The maximum atomic E-state index is 12.5. The van der Waals surface area contributed by atoms with E-state index in [0.29, 0.717) is 11.0 Å². The molecule has 1 aliphatic heterocycles. The van der Waals surface area contributed by atoms with Crippen LogP contribution in [0.5, 0.6) is 5.75 Å². The Morgan fingerprint density at radius 3 is 2.51 bits per heavy atom. The molecule has 35 heavy (non-hydrogen) atoms. The number of carbonyl (C=O) groups is 1. The van der Waals surface area contributed by atoms with Crippen molar-refractivity contribution in [1.82, 2.24) is 14.8 Å². The molecule has 0 fully saturated rings. The Labute approximate surface area is 207 Å². The summed E-state index contributed by atoms with van der Waals surface area (Å²) in [6.45, 7) is 0. The lowest BCUT2D eigenvalue weighted by atomic mass is 10.0. The first kappa shape index (κ1) is 22.4. The van der Waals surface area contributed by atoms with Crippen LogP contribution in [-0.2, 0) is 4.79 Å². The van der Waals surface area contributed by atoms with Gasteiger partial charge in [-0.3, -0.25) is 10.1 Å². The summed E-state index contributed by atoms with van der Waals surface area (Å²) in [4.78, 5) is 17.0. The molecule has 3 aromatic carbocycles. The molecule has 7 nitrogen and oxygen atoms in total. The van der Waals surface area contributed by atoms with E-state index >= 15 is 0 Å². The molecule has 1 amide bonds. The highest BCUT2D eigenvalue weighted by Crippen LogP contribution is 2.33. The zero-order valence-electron chi connectivity index (χ0n) is 18.9. The summed E-state index contributed by atoms with van der Waals surface area (Å²) in [5.74, 6) is 1.18. The number of carbonyl (C=O) groups excluding carboxylic acids is 1. The number of nitrogens with one attached hydrogen (secondary N) is 2. The van der Waals surface area contributed by atoms with Gasteiger partial charge in [-0.15, -0.1) is 5.10 Å². The molecule has 1 aliphatic rings. The second kappa shape index (κ2) is 9.87. The number of allylic oxidation sites excluding steroid dienone is 1. The third-order valence-corrected chi connectivity index (χ3v) is 5.79. The first-order valence-corrected chi connectivity index (χ1v) is 11.4. The summed E-state index contributed by atoms with van der Waals surface area (Å²) in [6.07, 6.45) is 5.23. The fraction of sp³-hybridized carbons (Fsp3) is 0.0741. The minimum Gasteiger partial charge on any atom is -0.497 e. The fourth-order valence-electron chi connectivity index (χ4n) is 3.77. The fourth-order valence-corrected chi connectivity index (χ4v) is 3.89. The normalized spacial score (nSPS) is 14.7. The Morgan fingerprint density at radius 2 is 1.80 bits per heavy atom. The standard InChI is InChI=1S/C27H22ClN5O2/c1-35-22-14-10-20(11-15-22)24-17-23(19-5-3-2-4-6-19)29-27-31-26(32-33(24)27)30-25(34)16-9-18-7-12-21(28)13-8-18/h2-17,24H,1H3,(H2,29,30,31,32,34)/b16-9+/t24-/m1/s1. The maximum Gasteiger partial charge on any atom is 0.250 e. The SMILES string of the molecule is COc1ccc([C@H]2C=C(c3ccccc3)Nc3nc(NC(=O)/C=C/c4ccc(Cl)cc4)nn32)cc1. The van der Waals surface area contributed by atoms with Crippen LogP contribution in [0, 0.1) is 0 Å². The van der Waals surface area contributed by atoms with Crippen LogP contribution in [-0.4, -0.2) is 27.8 Å². The number of rotatable bonds is 6. The van der Waals surface area contributed by atoms with E-state index < -0.39 is 0 Å². The number of anilines is 2. The molecular formula is C27H22ClN5O2. The van der Waals surface area contributed by atoms with Crippen LogP contribution in [0.25, 0.3) is 11.8 Å². The molecule has 1 atom stereocenters. The second-order valence-corrected chi connectivity index (χ2v) is 8.30. The summed E-state index contributed by atoms with van der Waals surface area (Å²) in [6, 6.07) is 24.8. The number of amides is 1. The first-order valence-electron chi connectivity index (χ1n) is 11.0. The van der Waals surface area contributed by atoms with E-state index in [1.54, 1.807) is 30.0 Å². The van der Waals surface area contributed by atoms with E-state index in [0.717, 1.165) is 28.1 Å². The quantitative estimate of drug-likeness (QED) is 0.346. The van der Waals surface area contributed by atoms with E-state index in [1.807, 2.05) is 66.7 Å². The minimum absolute atomic E-state index is 0.208. The zero-order valence-corrected chi connectivity index (χ0v) is 19.6. The largest absolute Gasteiger partial charge is 0.497 e. The van der Waals surface area contributed by atoms with Crippen LogP contribution in [0.1, 0.15) is 22.7 Å². The number of hydrogen-bond acceptors (Lipinski definition) is 5. The van der Waals surface area contributed by atoms with Crippen molar-refractivity contribution in [2.24, 2.45) is 0 Å². The van der Waals surface area contributed by atoms with Gasteiger partial charge in [0.05, 0.1) is 7.11 Å². The summed E-state index contributed by atoms with van der Waals surface area (Å²) < 4.78 is 7.06. The molecule has 0 spiro atoms. The Hall–Kier alpha value is -4.36. The van der Waals surface area contributed by atoms with E-state index in [1.165, 1.54) is 6.08 Å². The number of ether oxygens (including phenoxy) is 1. The Kier molecular flexibility index (Phi) is 6.32. The highest BCUT2D eigenvalue weighted by Gasteiger charge is 2.25. The summed E-state index contributed by atoms with van der Waals surface area (Å²) in [7, 11) is 1.64. The summed E-state index contributed by atoms with van der Waals surface area (Å²) >= 11 is 5.91. The molecule has 0 saturated heterocycles. The molecule has 0 radical (unpaired) electrons. The van der Waals surface area contributed by atoms with Gasteiger partial charge < -0.3 is 10.1 Å². The van der Waals surface area contributed by atoms with Gasteiger partial charge in [0.15, 0.2) is 0 Å². The average Bonchev–Trinajstić information content (AvgIpc) is 3.30. The van der Waals surface area contributed by atoms with Gasteiger partial charge in [0.2, 0.25) is 5.95 Å². The molecule has 5 rings (SSSR count). The van der Waals surface area contributed by atoms with Gasteiger partial charge in [-0.05, 0) is 53.1 Å². The van der Waals surface area contributed by atoms with Gasteiger partial charge in [-0.2, -0.15) is 4.98 Å². The zero-order chi connectivity index (χ0) is 24.2.